The molecule has 2 N–H and O–H groups in total. The van der Waals surface area contributed by atoms with Crippen LogP contribution in [-0.2, 0) is 14.4 Å². The summed E-state index contributed by atoms with van der Waals surface area (Å²) in [5.74, 6) is -1.51. The van der Waals surface area contributed by atoms with Gasteiger partial charge in [-0.25, -0.2) is 4.79 Å². The number of carboxylic acid groups (broad SMARTS) is 1. The molecule has 0 aromatic rings. The third-order valence-electron chi connectivity index (χ3n) is 3.72. The lowest BCUT2D eigenvalue weighted by molar-refractivity contribution is -0.151. The molecule has 6 heteroatoms. The minimum absolute atomic E-state index is 0.218. The van der Waals surface area contributed by atoms with Gasteiger partial charge in [-0.3, -0.25) is 9.59 Å². The van der Waals surface area contributed by atoms with Crippen molar-refractivity contribution >= 4 is 17.8 Å². The first kappa shape index (κ1) is 17.5. The molecule has 0 bridgehead atoms. The van der Waals surface area contributed by atoms with Gasteiger partial charge in [-0.15, -0.1) is 0 Å². The number of nitrogens with one attached hydrogen (secondary N) is 1. The highest BCUT2D eigenvalue weighted by Crippen LogP contribution is 2.19. The number of hydrogen-bond acceptors (Lipinski definition) is 3. The van der Waals surface area contributed by atoms with E-state index < -0.39 is 23.5 Å². The van der Waals surface area contributed by atoms with Crippen LogP contribution in [0.2, 0.25) is 0 Å². The molecule has 0 aliphatic carbocycles. The molecule has 120 valence electrons. The van der Waals surface area contributed by atoms with Crippen molar-refractivity contribution in [2.75, 3.05) is 6.54 Å². The second kappa shape index (κ2) is 6.91. The summed E-state index contributed by atoms with van der Waals surface area (Å²) in [4.78, 5) is 37.2. The lowest BCUT2D eigenvalue weighted by atomic mass is 9.95. The van der Waals surface area contributed by atoms with Gasteiger partial charge in [0.1, 0.15) is 12.1 Å². The fraction of sp³-hybridized carbons (Fsp3) is 0.800. The first-order chi connectivity index (χ1) is 9.64. The van der Waals surface area contributed by atoms with Crippen LogP contribution in [0.5, 0.6) is 0 Å². The summed E-state index contributed by atoms with van der Waals surface area (Å²) in [7, 11) is 0. The van der Waals surface area contributed by atoms with Crippen LogP contribution in [0.15, 0.2) is 0 Å². The SMILES string of the molecule is CC(NC(=O)C(C)(C)C)C(=O)N1CCCCCC1C(=O)O. The lowest BCUT2D eigenvalue weighted by Crippen LogP contribution is -2.54. The van der Waals surface area contributed by atoms with Crippen LogP contribution >= 0.6 is 0 Å². The fourth-order valence-electron chi connectivity index (χ4n) is 2.35. The Morgan fingerprint density at radius 1 is 1.19 bits per heavy atom. The summed E-state index contributed by atoms with van der Waals surface area (Å²) >= 11 is 0. The number of rotatable bonds is 3. The molecule has 2 atom stereocenters. The van der Waals surface area contributed by atoms with Gasteiger partial charge in [0, 0.05) is 12.0 Å². The van der Waals surface area contributed by atoms with E-state index in [0.29, 0.717) is 13.0 Å². The van der Waals surface area contributed by atoms with Crippen LogP contribution in [0.25, 0.3) is 0 Å². The highest BCUT2D eigenvalue weighted by molar-refractivity contribution is 5.91. The summed E-state index contributed by atoms with van der Waals surface area (Å²) in [6, 6.07) is -1.49. The Bertz CT molecular complexity index is 414. The molecule has 2 amide bonds. The summed E-state index contributed by atoms with van der Waals surface area (Å²) in [5, 5.41) is 12.0. The van der Waals surface area contributed by atoms with Crippen molar-refractivity contribution in [3.8, 4) is 0 Å². The number of amides is 2. The molecular weight excluding hydrogens is 272 g/mol. The number of carbonyl (C=O) groups excluding carboxylic acids is 2. The predicted octanol–water partition coefficient (Wildman–Crippen LogP) is 1.39. The molecule has 1 heterocycles. The first-order valence-electron chi connectivity index (χ1n) is 7.49. The average molecular weight is 298 g/mol. The zero-order chi connectivity index (χ0) is 16.2. The summed E-state index contributed by atoms with van der Waals surface area (Å²) in [6.07, 6.45) is 3.01. The molecule has 0 saturated carbocycles. The van der Waals surface area contributed by atoms with Crippen molar-refractivity contribution in [2.45, 2.75) is 65.5 Å². The molecule has 0 spiro atoms. The standard InChI is InChI=1S/C15H26N2O4/c1-10(16-14(21)15(2,3)4)12(18)17-9-7-5-6-8-11(17)13(19)20/h10-11H,5-9H2,1-4H3,(H,16,21)(H,19,20). The summed E-state index contributed by atoms with van der Waals surface area (Å²) < 4.78 is 0. The zero-order valence-corrected chi connectivity index (χ0v) is 13.3. The van der Waals surface area contributed by atoms with Gasteiger partial charge in [0.15, 0.2) is 0 Å². The zero-order valence-electron chi connectivity index (χ0n) is 13.3. The maximum atomic E-state index is 12.5. The van der Waals surface area contributed by atoms with E-state index in [9.17, 15) is 19.5 Å². The number of carbonyl (C=O) groups is 3. The van der Waals surface area contributed by atoms with E-state index in [1.807, 2.05) is 0 Å². The molecular formula is C15H26N2O4. The highest BCUT2D eigenvalue weighted by atomic mass is 16.4. The second-order valence-electron chi connectivity index (χ2n) is 6.68. The van der Waals surface area contributed by atoms with Crippen molar-refractivity contribution in [1.29, 1.82) is 0 Å². The molecule has 0 aromatic heterocycles. The number of likely N-dealkylation sites (tertiary alicyclic amines) is 1. The van der Waals surface area contributed by atoms with E-state index >= 15 is 0 Å². The number of carboxylic acids is 1. The van der Waals surface area contributed by atoms with Crippen LogP contribution in [0.3, 0.4) is 0 Å². The predicted molar refractivity (Wildman–Crippen MR) is 78.7 cm³/mol. The molecule has 0 radical (unpaired) electrons. The van der Waals surface area contributed by atoms with Gasteiger partial charge in [0.25, 0.3) is 0 Å². The molecule has 21 heavy (non-hydrogen) atoms. The lowest BCUT2D eigenvalue weighted by Gasteiger charge is -2.30. The first-order valence-corrected chi connectivity index (χ1v) is 7.49. The quantitative estimate of drug-likeness (QED) is 0.824. The molecule has 1 rings (SSSR count). The number of aliphatic carboxylic acids is 1. The number of nitrogens with zero attached hydrogens (tertiary/aromatic N) is 1. The van der Waals surface area contributed by atoms with Gasteiger partial charge in [0.2, 0.25) is 11.8 Å². The normalized spacial score (nSPS) is 21.3. The Balaban J connectivity index is 2.78. The van der Waals surface area contributed by atoms with Crippen LogP contribution < -0.4 is 5.32 Å². The van der Waals surface area contributed by atoms with Crippen molar-refractivity contribution in [1.82, 2.24) is 10.2 Å². The molecule has 6 nitrogen and oxygen atoms in total. The van der Waals surface area contributed by atoms with Crippen LogP contribution in [0, 0.1) is 5.41 Å². The molecule has 1 aliphatic rings. The molecule has 0 aromatic carbocycles. The Morgan fingerprint density at radius 2 is 1.81 bits per heavy atom. The molecule has 2 unspecified atom stereocenters. The van der Waals surface area contributed by atoms with E-state index in [-0.39, 0.29) is 11.8 Å². The maximum absolute atomic E-state index is 12.5. The maximum Gasteiger partial charge on any atom is 0.326 e. The van der Waals surface area contributed by atoms with Crippen LogP contribution in [-0.4, -0.2) is 46.4 Å². The van der Waals surface area contributed by atoms with Crippen molar-refractivity contribution in [2.24, 2.45) is 5.41 Å². The number of hydrogen-bond donors (Lipinski definition) is 2. The van der Waals surface area contributed by atoms with Gasteiger partial charge in [0.05, 0.1) is 0 Å². The minimum Gasteiger partial charge on any atom is -0.480 e. The van der Waals surface area contributed by atoms with Crippen molar-refractivity contribution < 1.29 is 19.5 Å². The largest absolute Gasteiger partial charge is 0.480 e. The molecule has 1 fully saturated rings. The monoisotopic (exact) mass is 298 g/mol. The average Bonchev–Trinajstić information content (AvgIpc) is 2.61. The van der Waals surface area contributed by atoms with E-state index in [1.165, 1.54) is 4.90 Å². The van der Waals surface area contributed by atoms with Gasteiger partial charge < -0.3 is 15.3 Å². The van der Waals surface area contributed by atoms with E-state index in [4.69, 9.17) is 0 Å². The van der Waals surface area contributed by atoms with E-state index in [1.54, 1.807) is 27.7 Å². The Hall–Kier alpha value is -1.59. The molecule has 1 aliphatic heterocycles. The summed E-state index contributed by atoms with van der Waals surface area (Å²) in [6.45, 7) is 7.35. The third kappa shape index (κ3) is 4.72. The second-order valence-corrected chi connectivity index (χ2v) is 6.68. The van der Waals surface area contributed by atoms with Crippen LogP contribution in [0.1, 0.15) is 53.4 Å². The van der Waals surface area contributed by atoms with Crippen LogP contribution in [0.4, 0.5) is 0 Å². The minimum atomic E-state index is -0.973. The van der Waals surface area contributed by atoms with Gasteiger partial charge >= 0.3 is 5.97 Å². The highest BCUT2D eigenvalue weighted by Gasteiger charge is 2.34. The van der Waals surface area contributed by atoms with Crippen molar-refractivity contribution in [3.05, 3.63) is 0 Å². The van der Waals surface area contributed by atoms with Gasteiger partial charge in [-0.1, -0.05) is 33.6 Å². The fourth-order valence-corrected chi connectivity index (χ4v) is 2.35. The Morgan fingerprint density at radius 3 is 2.33 bits per heavy atom. The van der Waals surface area contributed by atoms with Gasteiger partial charge in [-0.2, -0.15) is 0 Å². The van der Waals surface area contributed by atoms with E-state index in [0.717, 1.165) is 19.3 Å². The van der Waals surface area contributed by atoms with Crippen molar-refractivity contribution in [3.63, 3.8) is 0 Å². The summed E-state index contributed by atoms with van der Waals surface area (Å²) in [5.41, 5.74) is -0.584. The van der Waals surface area contributed by atoms with E-state index in [2.05, 4.69) is 5.32 Å². The third-order valence-corrected chi connectivity index (χ3v) is 3.72. The topological polar surface area (TPSA) is 86.7 Å². The smallest absolute Gasteiger partial charge is 0.326 e. The Labute approximate surface area is 125 Å². The van der Waals surface area contributed by atoms with Gasteiger partial charge in [-0.05, 0) is 19.8 Å². The Kier molecular flexibility index (Phi) is 5.75. The molecule has 1 saturated heterocycles.